The van der Waals surface area contributed by atoms with Gasteiger partial charge in [-0.1, -0.05) is 29.8 Å². The van der Waals surface area contributed by atoms with Crippen LogP contribution in [0.5, 0.6) is 0 Å². The molecule has 0 bridgehead atoms. The van der Waals surface area contributed by atoms with Gasteiger partial charge in [0.2, 0.25) is 0 Å². The van der Waals surface area contributed by atoms with Crippen LogP contribution in [-0.4, -0.2) is 15.7 Å². The molecule has 24 heavy (non-hydrogen) atoms. The Kier molecular flexibility index (Phi) is 5.15. The molecule has 0 aliphatic carbocycles. The highest BCUT2D eigenvalue weighted by molar-refractivity contribution is 14.1. The summed E-state index contributed by atoms with van der Waals surface area (Å²) in [6, 6.07) is 13.5. The smallest absolute Gasteiger partial charge is 0.257 e. The molecule has 3 rings (SSSR count). The maximum Gasteiger partial charge on any atom is 0.257 e. The first-order chi connectivity index (χ1) is 11.5. The monoisotopic (exact) mass is 455 g/mol. The highest BCUT2D eigenvalue weighted by Crippen LogP contribution is 2.20. The number of nitrogens with one attached hydrogen (secondary N) is 1. The molecule has 0 aliphatic heterocycles. The van der Waals surface area contributed by atoms with E-state index in [4.69, 9.17) is 11.6 Å². The Balaban J connectivity index is 1.74. The zero-order valence-corrected chi connectivity index (χ0v) is 15.3. The minimum atomic E-state index is -0.387. The van der Waals surface area contributed by atoms with E-state index in [1.807, 2.05) is 12.1 Å². The Hall–Kier alpha value is -1.93. The lowest BCUT2D eigenvalue weighted by atomic mass is 10.2. The first-order valence-electron chi connectivity index (χ1n) is 7.07. The van der Waals surface area contributed by atoms with Crippen molar-refractivity contribution in [3.63, 3.8) is 0 Å². The van der Waals surface area contributed by atoms with E-state index >= 15 is 0 Å². The van der Waals surface area contributed by atoms with Crippen LogP contribution in [0.1, 0.15) is 15.9 Å². The Bertz CT molecular complexity index is 877. The van der Waals surface area contributed by atoms with Gasteiger partial charge in [0.05, 0.1) is 12.1 Å². The Morgan fingerprint density at radius 3 is 2.75 bits per heavy atom. The average molecular weight is 456 g/mol. The van der Waals surface area contributed by atoms with Crippen LogP contribution in [0.4, 0.5) is 10.2 Å². The van der Waals surface area contributed by atoms with Crippen LogP contribution in [0, 0.1) is 9.39 Å². The fourth-order valence-corrected chi connectivity index (χ4v) is 3.05. The number of carbonyl (C=O) groups is 1. The van der Waals surface area contributed by atoms with Crippen LogP contribution in [0.2, 0.25) is 5.02 Å². The molecular weight excluding hydrogens is 444 g/mol. The van der Waals surface area contributed by atoms with Gasteiger partial charge in [0.1, 0.15) is 5.82 Å². The van der Waals surface area contributed by atoms with Crippen LogP contribution >= 0.6 is 34.2 Å². The fourth-order valence-electron chi connectivity index (χ4n) is 2.19. The Labute approximate surface area is 156 Å². The number of benzene rings is 2. The van der Waals surface area contributed by atoms with Crippen molar-refractivity contribution in [2.24, 2.45) is 0 Å². The van der Waals surface area contributed by atoms with Crippen molar-refractivity contribution in [3.8, 4) is 0 Å². The molecular formula is C17H12ClFIN3O. The minimum absolute atomic E-state index is 0.185. The molecule has 0 spiro atoms. The summed E-state index contributed by atoms with van der Waals surface area (Å²) < 4.78 is 16.2. The lowest BCUT2D eigenvalue weighted by Crippen LogP contribution is -2.14. The molecule has 1 amide bonds. The van der Waals surface area contributed by atoms with E-state index in [1.165, 1.54) is 10.7 Å². The molecule has 3 aromatic rings. The average Bonchev–Trinajstić information content (AvgIpc) is 2.98. The second kappa shape index (κ2) is 7.31. The molecule has 0 atom stereocenters. The maximum absolute atomic E-state index is 13.8. The number of halogens is 3. The van der Waals surface area contributed by atoms with Crippen LogP contribution in [0.15, 0.2) is 54.7 Å². The molecule has 1 heterocycles. The number of rotatable bonds is 4. The third kappa shape index (κ3) is 3.76. The zero-order valence-electron chi connectivity index (χ0n) is 12.3. The molecule has 0 saturated carbocycles. The molecule has 0 radical (unpaired) electrons. The second-order valence-corrected chi connectivity index (χ2v) is 6.60. The standard InChI is InChI=1S/C17H12ClFIN3O/c18-13-5-3-6-14(19)12(13)10-23-9-8-16(22-23)21-17(24)11-4-1-2-7-15(11)20/h1-9H,10H2,(H,21,22,24). The van der Waals surface area contributed by atoms with E-state index in [0.717, 1.165) is 3.57 Å². The second-order valence-electron chi connectivity index (χ2n) is 5.03. The highest BCUT2D eigenvalue weighted by Gasteiger charge is 2.12. The van der Waals surface area contributed by atoms with E-state index in [9.17, 15) is 9.18 Å². The van der Waals surface area contributed by atoms with E-state index in [0.29, 0.717) is 22.0 Å². The number of anilines is 1. The summed E-state index contributed by atoms with van der Waals surface area (Å²) >= 11 is 8.12. The summed E-state index contributed by atoms with van der Waals surface area (Å²) in [6.07, 6.45) is 1.66. The molecule has 4 nitrogen and oxygen atoms in total. The van der Waals surface area contributed by atoms with Gasteiger partial charge < -0.3 is 5.32 Å². The molecule has 0 unspecified atom stereocenters. The van der Waals surface area contributed by atoms with Crippen molar-refractivity contribution in [1.82, 2.24) is 9.78 Å². The number of aromatic nitrogens is 2. The molecule has 1 N–H and O–H groups in total. The largest absolute Gasteiger partial charge is 0.305 e. The summed E-state index contributed by atoms with van der Waals surface area (Å²) in [6.45, 7) is 0.185. The lowest BCUT2D eigenvalue weighted by molar-refractivity contribution is 0.102. The van der Waals surface area contributed by atoms with Gasteiger partial charge in [-0.3, -0.25) is 9.48 Å². The molecule has 1 aromatic heterocycles. The van der Waals surface area contributed by atoms with Crippen molar-refractivity contribution >= 4 is 45.9 Å². The first kappa shape index (κ1) is 16.9. The Morgan fingerprint density at radius 2 is 2.00 bits per heavy atom. The number of carbonyl (C=O) groups excluding carboxylic acids is 1. The van der Waals surface area contributed by atoms with Crippen LogP contribution in [0.3, 0.4) is 0 Å². The zero-order chi connectivity index (χ0) is 17.1. The summed E-state index contributed by atoms with van der Waals surface area (Å²) in [5.41, 5.74) is 0.933. The summed E-state index contributed by atoms with van der Waals surface area (Å²) in [4.78, 5) is 12.3. The quantitative estimate of drug-likeness (QED) is 0.586. The van der Waals surface area contributed by atoms with Gasteiger partial charge in [-0.25, -0.2) is 4.39 Å². The number of hydrogen-bond donors (Lipinski definition) is 1. The predicted molar refractivity (Wildman–Crippen MR) is 99.9 cm³/mol. The topological polar surface area (TPSA) is 46.9 Å². The van der Waals surface area contributed by atoms with Crippen molar-refractivity contribution in [1.29, 1.82) is 0 Å². The van der Waals surface area contributed by atoms with Crippen molar-refractivity contribution in [2.75, 3.05) is 5.32 Å². The molecule has 122 valence electrons. The molecule has 0 fully saturated rings. The Morgan fingerprint density at radius 1 is 1.21 bits per heavy atom. The van der Waals surface area contributed by atoms with E-state index in [1.54, 1.807) is 36.5 Å². The van der Waals surface area contributed by atoms with Crippen molar-refractivity contribution in [3.05, 3.63) is 80.3 Å². The lowest BCUT2D eigenvalue weighted by Gasteiger charge is -2.06. The third-order valence-corrected chi connectivity index (χ3v) is 4.68. The van der Waals surface area contributed by atoms with Gasteiger partial charge in [-0.05, 0) is 46.9 Å². The van der Waals surface area contributed by atoms with Crippen LogP contribution in [-0.2, 0) is 6.54 Å². The highest BCUT2D eigenvalue weighted by atomic mass is 127. The summed E-state index contributed by atoms with van der Waals surface area (Å²) in [5, 5.41) is 7.31. The molecule has 2 aromatic carbocycles. The summed E-state index contributed by atoms with van der Waals surface area (Å²) in [7, 11) is 0. The van der Waals surface area contributed by atoms with Gasteiger partial charge in [0.15, 0.2) is 5.82 Å². The van der Waals surface area contributed by atoms with Crippen LogP contribution < -0.4 is 5.32 Å². The normalized spacial score (nSPS) is 10.6. The van der Waals surface area contributed by atoms with Gasteiger partial charge in [-0.15, -0.1) is 0 Å². The van der Waals surface area contributed by atoms with Gasteiger partial charge in [0, 0.05) is 26.4 Å². The van der Waals surface area contributed by atoms with E-state index < -0.39 is 0 Å². The van der Waals surface area contributed by atoms with Gasteiger partial charge >= 0.3 is 0 Å². The fraction of sp³-hybridized carbons (Fsp3) is 0.0588. The summed E-state index contributed by atoms with van der Waals surface area (Å²) in [5.74, 6) is -0.233. The van der Waals surface area contributed by atoms with Gasteiger partial charge in [-0.2, -0.15) is 5.10 Å². The van der Waals surface area contributed by atoms with E-state index in [-0.39, 0.29) is 18.3 Å². The molecule has 0 saturated heterocycles. The van der Waals surface area contributed by atoms with Gasteiger partial charge in [0.25, 0.3) is 5.91 Å². The van der Waals surface area contributed by atoms with E-state index in [2.05, 4.69) is 33.0 Å². The molecule has 0 aliphatic rings. The predicted octanol–water partition coefficient (Wildman–Crippen LogP) is 4.58. The minimum Gasteiger partial charge on any atom is -0.305 e. The number of nitrogens with zero attached hydrogens (tertiary/aromatic N) is 2. The first-order valence-corrected chi connectivity index (χ1v) is 8.52. The number of hydrogen-bond acceptors (Lipinski definition) is 2. The van der Waals surface area contributed by atoms with Crippen molar-refractivity contribution in [2.45, 2.75) is 6.54 Å². The number of amides is 1. The van der Waals surface area contributed by atoms with Crippen LogP contribution in [0.25, 0.3) is 0 Å². The maximum atomic E-state index is 13.8. The third-order valence-electron chi connectivity index (χ3n) is 3.38. The van der Waals surface area contributed by atoms with Crippen molar-refractivity contribution < 1.29 is 9.18 Å². The molecule has 7 heteroatoms. The SMILES string of the molecule is O=C(Nc1ccn(Cc2c(F)cccc2Cl)n1)c1ccccc1I.